The predicted molar refractivity (Wildman–Crippen MR) is 55.8 cm³/mol. The minimum Gasteiger partial charge on any atom is -0.444 e. The lowest BCUT2D eigenvalue weighted by molar-refractivity contribution is -0.177. The Balaban J connectivity index is 5.24. The van der Waals surface area contributed by atoms with E-state index in [1.54, 1.807) is 0 Å². The number of carbonyl (C=O) groups excluding carboxylic acids is 1. The van der Waals surface area contributed by atoms with Crippen LogP contribution in [0.15, 0.2) is 12.7 Å². The number of hydrogen-bond donors (Lipinski definition) is 0. The van der Waals surface area contributed by atoms with Crippen LogP contribution in [-0.2, 0) is 9.53 Å². The second kappa shape index (κ2) is 4.62. The van der Waals surface area contributed by atoms with E-state index in [0.29, 0.717) is 13.0 Å². The van der Waals surface area contributed by atoms with Crippen LogP contribution in [0.5, 0.6) is 0 Å². The molecule has 0 bridgehead atoms. The molecule has 0 amide bonds. The van der Waals surface area contributed by atoms with Gasteiger partial charge in [0.25, 0.3) is 0 Å². The summed E-state index contributed by atoms with van der Waals surface area (Å²) in [5, 5.41) is -4.04. The molecule has 0 heterocycles. The highest BCUT2D eigenvalue weighted by atomic mass is 35.6. The smallest absolute Gasteiger partial charge is 0.364 e. The van der Waals surface area contributed by atoms with E-state index in [-0.39, 0.29) is 0 Å². The number of hydrogen-bond acceptors (Lipinski definition) is 2. The monoisotopic (exact) mass is 300 g/mol. The van der Waals surface area contributed by atoms with Crippen LogP contribution in [0.4, 0.5) is 8.78 Å². The van der Waals surface area contributed by atoms with Crippen molar-refractivity contribution in [2.45, 2.75) is 21.7 Å². The first-order valence-corrected chi connectivity index (χ1v) is 4.96. The molecule has 1 atom stereocenters. The van der Waals surface area contributed by atoms with Crippen LogP contribution in [0.1, 0.15) is 6.92 Å². The van der Waals surface area contributed by atoms with E-state index in [0.717, 1.165) is 0 Å². The van der Waals surface area contributed by atoms with Gasteiger partial charge in [0.2, 0.25) is 9.39 Å². The van der Waals surface area contributed by atoms with Gasteiger partial charge >= 0.3 is 11.4 Å². The summed E-state index contributed by atoms with van der Waals surface area (Å²) < 4.78 is 27.6. The van der Waals surface area contributed by atoms with Crippen LogP contribution in [0, 0.1) is 0 Å². The van der Waals surface area contributed by atoms with E-state index in [1.165, 1.54) is 0 Å². The highest BCUT2D eigenvalue weighted by Gasteiger charge is 2.64. The molecule has 0 aliphatic heterocycles. The lowest BCUT2D eigenvalue weighted by atomic mass is 10.1. The van der Waals surface area contributed by atoms with Gasteiger partial charge in [0.15, 0.2) is 0 Å². The lowest BCUT2D eigenvalue weighted by Gasteiger charge is -2.37. The van der Waals surface area contributed by atoms with Gasteiger partial charge in [-0.15, -0.1) is 0 Å². The summed E-state index contributed by atoms with van der Waals surface area (Å²) in [5.41, 5.74) is -2.79. The van der Waals surface area contributed by atoms with Crippen molar-refractivity contribution < 1.29 is 18.3 Å². The van der Waals surface area contributed by atoms with E-state index in [4.69, 9.17) is 46.4 Å². The van der Waals surface area contributed by atoms with Crippen molar-refractivity contribution in [2.75, 3.05) is 0 Å². The fraction of sp³-hybridized carbons (Fsp3) is 0.571. The summed E-state index contributed by atoms with van der Waals surface area (Å²) in [6, 6.07) is 0. The Bertz CT molecular complexity index is 255. The molecule has 0 saturated heterocycles. The quantitative estimate of drug-likeness (QED) is 0.451. The Morgan fingerprint density at radius 3 is 1.93 bits per heavy atom. The van der Waals surface area contributed by atoms with Crippen molar-refractivity contribution in [3.63, 3.8) is 0 Å². The molecule has 0 aliphatic carbocycles. The topological polar surface area (TPSA) is 26.3 Å². The van der Waals surface area contributed by atoms with Crippen molar-refractivity contribution >= 4 is 52.4 Å². The van der Waals surface area contributed by atoms with Crippen LogP contribution in [0.25, 0.3) is 0 Å². The Morgan fingerprint density at radius 2 is 1.73 bits per heavy atom. The van der Waals surface area contributed by atoms with Gasteiger partial charge in [0.1, 0.15) is 0 Å². The molecule has 0 rings (SSSR count). The average molecular weight is 302 g/mol. The van der Waals surface area contributed by atoms with Crippen LogP contribution in [0.2, 0.25) is 0 Å². The number of alkyl halides is 6. The third-order valence-electron chi connectivity index (χ3n) is 1.55. The van der Waals surface area contributed by atoms with Gasteiger partial charge in [0, 0.05) is 6.08 Å². The SMILES string of the molecule is C=CC(=O)OC(C)(C(F)(F)Cl)C(Cl)(Cl)Cl. The van der Waals surface area contributed by atoms with Crippen LogP contribution >= 0.6 is 46.4 Å². The molecule has 0 saturated carbocycles. The molecule has 0 N–H and O–H groups in total. The molecule has 0 aromatic carbocycles. The molecule has 0 aromatic rings. The van der Waals surface area contributed by atoms with Crippen molar-refractivity contribution in [3.8, 4) is 0 Å². The summed E-state index contributed by atoms with van der Waals surface area (Å²) in [6.07, 6.45) is 0.650. The van der Waals surface area contributed by atoms with Gasteiger partial charge < -0.3 is 4.74 Å². The van der Waals surface area contributed by atoms with Crippen molar-refractivity contribution in [1.29, 1.82) is 0 Å². The average Bonchev–Trinajstić information content (AvgIpc) is 1.99. The van der Waals surface area contributed by atoms with Gasteiger partial charge in [-0.05, 0) is 18.5 Å². The van der Waals surface area contributed by atoms with Crippen molar-refractivity contribution in [3.05, 3.63) is 12.7 Å². The molecule has 0 fully saturated rings. The molecular formula is C7H6Cl4F2O2. The normalized spacial score (nSPS) is 16.7. The Morgan fingerprint density at radius 1 is 1.33 bits per heavy atom. The molecule has 8 heteroatoms. The zero-order valence-electron chi connectivity index (χ0n) is 7.37. The number of halogens is 6. The molecule has 2 nitrogen and oxygen atoms in total. The number of ether oxygens (including phenoxy) is 1. The first-order valence-electron chi connectivity index (χ1n) is 3.44. The lowest BCUT2D eigenvalue weighted by Crippen LogP contribution is -2.55. The zero-order chi connectivity index (χ0) is 12.5. The Kier molecular flexibility index (Phi) is 4.69. The fourth-order valence-corrected chi connectivity index (χ4v) is 1.32. The standard InChI is InChI=1S/C7H6Cl4F2O2/c1-3-4(14)15-5(2,6(8,9)10)7(11,12)13/h3H,1H2,2H3. The molecule has 0 spiro atoms. The summed E-state index contributed by atoms with van der Waals surface area (Å²) in [4.78, 5) is 10.8. The summed E-state index contributed by atoms with van der Waals surface area (Å²) in [7, 11) is 0. The minimum atomic E-state index is -4.04. The molecule has 0 aliphatic rings. The van der Waals surface area contributed by atoms with Crippen LogP contribution in [0.3, 0.4) is 0 Å². The summed E-state index contributed by atoms with van der Waals surface area (Å²) in [5.74, 6) is -1.18. The second-order valence-corrected chi connectivity index (χ2v) is 5.41. The first-order chi connectivity index (χ1) is 6.45. The van der Waals surface area contributed by atoms with Gasteiger partial charge in [-0.3, -0.25) is 0 Å². The summed E-state index contributed by atoms with van der Waals surface area (Å²) in [6.45, 7) is 3.72. The molecular weight excluding hydrogens is 296 g/mol. The van der Waals surface area contributed by atoms with Gasteiger partial charge in [0.05, 0.1) is 0 Å². The highest BCUT2D eigenvalue weighted by Crippen LogP contribution is 2.51. The van der Waals surface area contributed by atoms with Gasteiger partial charge in [-0.1, -0.05) is 41.4 Å². The third-order valence-corrected chi connectivity index (χ3v) is 3.00. The fourth-order valence-electron chi connectivity index (χ4n) is 0.519. The predicted octanol–water partition coefficient (Wildman–Crippen LogP) is 3.68. The largest absolute Gasteiger partial charge is 0.444 e. The molecule has 0 radical (unpaired) electrons. The maximum atomic E-state index is 13.0. The molecule has 15 heavy (non-hydrogen) atoms. The summed E-state index contributed by atoms with van der Waals surface area (Å²) >= 11 is 20.6. The maximum absolute atomic E-state index is 13.0. The van der Waals surface area contributed by atoms with E-state index in [2.05, 4.69) is 11.3 Å². The van der Waals surface area contributed by atoms with E-state index < -0.39 is 20.7 Å². The van der Waals surface area contributed by atoms with E-state index >= 15 is 0 Å². The number of carbonyl (C=O) groups is 1. The molecule has 0 aromatic heterocycles. The zero-order valence-corrected chi connectivity index (χ0v) is 10.4. The van der Waals surface area contributed by atoms with Gasteiger partial charge in [-0.2, -0.15) is 8.78 Å². The van der Waals surface area contributed by atoms with Crippen molar-refractivity contribution in [1.82, 2.24) is 0 Å². The highest BCUT2D eigenvalue weighted by molar-refractivity contribution is 6.68. The molecule has 1 unspecified atom stereocenters. The van der Waals surface area contributed by atoms with Crippen LogP contribution in [-0.4, -0.2) is 20.7 Å². The Hall–Kier alpha value is 0.230. The van der Waals surface area contributed by atoms with Crippen LogP contribution < -0.4 is 0 Å². The number of rotatable bonds is 3. The minimum absolute atomic E-state index is 0.650. The maximum Gasteiger partial charge on any atom is 0.364 e. The first kappa shape index (κ1) is 15.2. The Labute approximate surface area is 105 Å². The van der Waals surface area contributed by atoms with E-state index in [1.807, 2.05) is 0 Å². The van der Waals surface area contributed by atoms with Gasteiger partial charge in [-0.25, -0.2) is 4.79 Å². The second-order valence-electron chi connectivity index (χ2n) is 2.65. The number of esters is 1. The van der Waals surface area contributed by atoms with E-state index in [9.17, 15) is 13.6 Å². The van der Waals surface area contributed by atoms with Crippen molar-refractivity contribution in [2.24, 2.45) is 0 Å². The third kappa shape index (κ3) is 3.34. The molecule has 88 valence electrons.